The van der Waals surface area contributed by atoms with Crippen LogP contribution in [0, 0.1) is 0 Å². The van der Waals surface area contributed by atoms with Crippen molar-refractivity contribution in [1.82, 2.24) is 0 Å². The highest BCUT2D eigenvalue weighted by molar-refractivity contribution is 6.61. The van der Waals surface area contributed by atoms with E-state index in [1.165, 1.54) is 37.5 Å². The zero-order chi connectivity index (χ0) is 18.6. The Morgan fingerprint density at radius 3 is 1.63 bits per heavy atom. The minimum atomic E-state index is -1.42. The van der Waals surface area contributed by atoms with Crippen LogP contribution in [0.5, 0.6) is 0 Å². The highest BCUT2D eigenvalue weighted by atomic mass is 28.3. The van der Waals surface area contributed by atoms with E-state index in [-0.39, 0.29) is 0 Å². The summed E-state index contributed by atoms with van der Waals surface area (Å²) in [6, 6.07) is 24.3. The molecule has 0 aromatic heterocycles. The van der Waals surface area contributed by atoms with Gasteiger partial charge in [-0.3, -0.25) is 0 Å². The van der Waals surface area contributed by atoms with Gasteiger partial charge >= 0.3 is 9.28 Å². The molecule has 0 aliphatic carbocycles. The Hall–Kier alpha value is -2.20. The summed E-state index contributed by atoms with van der Waals surface area (Å²) in [6.07, 6.45) is 2.02. The Morgan fingerprint density at radius 1 is 0.593 bits per heavy atom. The molecule has 0 saturated carbocycles. The van der Waals surface area contributed by atoms with Gasteiger partial charge in [-0.05, 0) is 74.6 Å². The van der Waals surface area contributed by atoms with Gasteiger partial charge in [0.15, 0.2) is 0 Å². The highest BCUT2D eigenvalue weighted by Crippen LogP contribution is 2.27. The monoisotopic (exact) mass is 373 g/mol. The van der Waals surface area contributed by atoms with Crippen LogP contribution in [0.2, 0.25) is 0 Å². The summed E-state index contributed by atoms with van der Waals surface area (Å²) >= 11 is 0. The van der Waals surface area contributed by atoms with E-state index in [2.05, 4.69) is 80.6 Å². The van der Waals surface area contributed by atoms with Crippen molar-refractivity contribution >= 4 is 46.8 Å². The Balaban J connectivity index is 1.77. The van der Waals surface area contributed by atoms with Crippen LogP contribution in [-0.2, 0) is 8.85 Å². The van der Waals surface area contributed by atoms with Crippen LogP contribution in [0.25, 0.3) is 32.3 Å². The van der Waals surface area contributed by atoms with Gasteiger partial charge in [-0.1, -0.05) is 56.3 Å². The van der Waals surface area contributed by atoms with Gasteiger partial charge in [0.1, 0.15) is 0 Å². The summed E-state index contributed by atoms with van der Waals surface area (Å²) in [5.41, 5.74) is 0. The van der Waals surface area contributed by atoms with E-state index in [4.69, 9.17) is 8.85 Å². The molecular weight excluding hydrogens is 348 g/mol. The molecular formula is C24H25O2Si. The summed E-state index contributed by atoms with van der Waals surface area (Å²) in [5.74, 6) is 0. The van der Waals surface area contributed by atoms with E-state index in [0.29, 0.717) is 0 Å². The van der Waals surface area contributed by atoms with Crippen molar-refractivity contribution in [3.63, 3.8) is 0 Å². The van der Waals surface area contributed by atoms with Gasteiger partial charge in [0.2, 0.25) is 0 Å². The van der Waals surface area contributed by atoms with Crippen molar-refractivity contribution in [3.05, 3.63) is 66.7 Å². The van der Waals surface area contributed by atoms with Gasteiger partial charge in [0.25, 0.3) is 0 Å². The summed E-state index contributed by atoms with van der Waals surface area (Å²) in [7, 11) is -1.42. The van der Waals surface area contributed by atoms with Crippen molar-refractivity contribution in [1.29, 1.82) is 0 Å². The highest BCUT2D eigenvalue weighted by Gasteiger charge is 2.19. The first-order chi connectivity index (χ1) is 13.3. The van der Waals surface area contributed by atoms with Crippen LogP contribution in [0.4, 0.5) is 0 Å². The summed E-state index contributed by atoms with van der Waals surface area (Å²) in [5, 5.41) is 8.82. The van der Waals surface area contributed by atoms with Crippen LogP contribution in [0.1, 0.15) is 26.7 Å². The minimum Gasteiger partial charge on any atom is -0.390 e. The quantitative estimate of drug-likeness (QED) is 0.306. The number of hydrogen-bond donors (Lipinski definition) is 0. The van der Waals surface area contributed by atoms with Gasteiger partial charge in [-0.2, -0.15) is 0 Å². The molecule has 0 aliphatic rings. The lowest BCUT2D eigenvalue weighted by Gasteiger charge is -2.15. The average Bonchev–Trinajstić information content (AvgIpc) is 2.70. The zero-order valence-electron chi connectivity index (χ0n) is 16.0. The van der Waals surface area contributed by atoms with E-state index in [1.807, 2.05) is 0 Å². The summed E-state index contributed by atoms with van der Waals surface area (Å²) in [6.45, 7) is 5.77. The van der Waals surface area contributed by atoms with Gasteiger partial charge in [0, 0.05) is 13.2 Å². The fraction of sp³-hybridized carbons (Fsp3) is 0.250. The molecule has 137 valence electrons. The molecule has 0 aliphatic heterocycles. The predicted octanol–water partition coefficient (Wildman–Crippen LogP) is 5.69. The molecule has 0 saturated heterocycles. The second-order valence-corrected chi connectivity index (χ2v) is 8.67. The van der Waals surface area contributed by atoms with Crippen LogP contribution in [0.15, 0.2) is 66.7 Å². The summed E-state index contributed by atoms with van der Waals surface area (Å²) in [4.78, 5) is 0. The number of hydrogen-bond acceptors (Lipinski definition) is 2. The Labute approximate surface area is 162 Å². The minimum absolute atomic E-state index is 0.750. The Morgan fingerprint density at radius 2 is 1.07 bits per heavy atom. The fourth-order valence-corrected chi connectivity index (χ4v) is 5.11. The number of benzene rings is 4. The maximum atomic E-state index is 6.05. The van der Waals surface area contributed by atoms with Crippen LogP contribution in [-0.4, -0.2) is 22.5 Å². The molecule has 0 unspecified atom stereocenters. The van der Waals surface area contributed by atoms with Gasteiger partial charge in [0.05, 0.1) is 0 Å². The van der Waals surface area contributed by atoms with Crippen molar-refractivity contribution < 1.29 is 8.85 Å². The first-order valence-corrected chi connectivity index (χ1v) is 11.1. The van der Waals surface area contributed by atoms with Crippen molar-refractivity contribution in [2.75, 3.05) is 13.2 Å². The molecule has 3 heteroatoms. The molecule has 0 atom stereocenters. The first-order valence-electron chi connectivity index (χ1n) is 9.77. The third kappa shape index (κ3) is 3.91. The average molecular weight is 374 g/mol. The maximum Gasteiger partial charge on any atom is 0.423 e. The van der Waals surface area contributed by atoms with Gasteiger partial charge in [-0.15, -0.1) is 0 Å². The lowest BCUT2D eigenvalue weighted by molar-refractivity contribution is 0.207. The van der Waals surface area contributed by atoms with E-state index >= 15 is 0 Å². The SMILES string of the molecule is CCCO[Si](OCCC)c1ccc2cc3cc4ccccc4cc3cc2c1. The fourth-order valence-electron chi connectivity index (χ4n) is 3.42. The maximum absolute atomic E-state index is 6.05. The molecule has 4 rings (SSSR count). The van der Waals surface area contributed by atoms with E-state index in [0.717, 1.165) is 26.1 Å². The molecule has 2 nitrogen and oxygen atoms in total. The van der Waals surface area contributed by atoms with Gasteiger partial charge < -0.3 is 8.85 Å². The molecule has 0 amide bonds. The second kappa shape index (κ2) is 8.22. The molecule has 0 spiro atoms. The molecule has 0 fully saturated rings. The lowest BCUT2D eigenvalue weighted by Crippen LogP contribution is -2.37. The third-order valence-electron chi connectivity index (χ3n) is 4.77. The number of rotatable bonds is 7. The Kier molecular flexibility index (Phi) is 5.53. The molecule has 0 heterocycles. The Bertz CT molecular complexity index is 1070. The zero-order valence-corrected chi connectivity index (χ0v) is 17.0. The normalized spacial score (nSPS) is 11.8. The van der Waals surface area contributed by atoms with Crippen LogP contribution in [0.3, 0.4) is 0 Å². The molecule has 0 N–H and O–H groups in total. The first kappa shape index (κ1) is 18.2. The third-order valence-corrected chi connectivity index (χ3v) is 6.49. The molecule has 27 heavy (non-hydrogen) atoms. The molecule has 1 radical (unpaired) electrons. The van der Waals surface area contributed by atoms with Crippen molar-refractivity contribution in [2.45, 2.75) is 26.7 Å². The summed E-state index contributed by atoms with van der Waals surface area (Å²) < 4.78 is 12.1. The van der Waals surface area contributed by atoms with E-state index < -0.39 is 9.28 Å². The van der Waals surface area contributed by atoms with Gasteiger partial charge in [-0.25, -0.2) is 0 Å². The standard InChI is InChI=1S/C24H25O2Si/c1-3-11-25-27(26-12-4-2)24-10-9-20-15-21-13-18-7-5-6-8-19(18)14-22(21)16-23(20)17-24/h5-10,13-17H,3-4,11-12H2,1-2H3. The second-order valence-electron chi connectivity index (χ2n) is 6.95. The van der Waals surface area contributed by atoms with Crippen LogP contribution < -0.4 is 5.19 Å². The molecule has 4 aromatic carbocycles. The molecule has 0 bridgehead atoms. The molecule has 4 aromatic rings. The van der Waals surface area contributed by atoms with E-state index in [1.54, 1.807) is 0 Å². The predicted molar refractivity (Wildman–Crippen MR) is 117 cm³/mol. The van der Waals surface area contributed by atoms with Crippen molar-refractivity contribution in [3.8, 4) is 0 Å². The lowest BCUT2D eigenvalue weighted by atomic mass is 10.00. The van der Waals surface area contributed by atoms with Crippen LogP contribution >= 0.6 is 0 Å². The number of fused-ring (bicyclic) bond motifs is 3. The topological polar surface area (TPSA) is 18.5 Å². The largest absolute Gasteiger partial charge is 0.423 e. The van der Waals surface area contributed by atoms with E-state index in [9.17, 15) is 0 Å². The smallest absolute Gasteiger partial charge is 0.390 e. The van der Waals surface area contributed by atoms with Crippen molar-refractivity contribution in [2.24, 2.45) is 0 Å².